The van der Waals surface area contributed by atoms with Crippen molar-refractivity contribution in [1.29, 1.82) is 0 Å². The molecule has 7 nitrogen and oxygen atoms in total. The van der Waals surface area contributed by atoms with Crippen LogP contribution in [0.25, 0.3) is 10.9 Å². The molecule has 0 aliphatic heterocycles. The second kappa shape index (κ2) is 10.5. The van der Waals surface area contributed by atoms with Crippen molar-refractivity contribution in [3.05, 3.63) is 72.3 Å². The first-order chi connectivity index (χ1) is 14.6. The molecule has 5 N–H and O–H groups in total. The van der Waals surface area contributed by atoms with Crippen LogP contribution >= 0.6 is 0 Å². The van der Waals surface area contributed by atoms with E-state index in [4.69, 9.17) is 16.2 Å². The summed E-state index contributed by atoms with van der Waals surface area (Å²) in [4.78, 5) is 29.7. The van der Waals surface area contributed by atoms with E-state index < -0.39 is 24.0 Å². The van der Waals surface area contributed by atoms with Gasteiger partial charge in [-0.05, 0) is 37.1 Å². The zero-order valence-corrected chi connectivity index (χ0v) is 16.7. The highest BCUT2D eigenvalue weighted by molar-refractivity contribution is 5.88. The lowest BCUT2D eigenvalue weighted by Gasteiger charge is -2.20. The van der Waals surface area contributed by atoms with Crippen LogP contribution in [-0.2, 0) is 16.0 Å². The molecule has 0 bridgehead atoms. The molecule has 1 aromatic heterocycles. The molecule has 3 rings (SSSR count). The van der Waals surface area contributed by atoms with Crippen molar-refractivity contribution in [2.45, 2.75) is 31.3 Å². The molecule has 0 fully saturated rings. The summed E-state index contributed by atoms with van der Waals surface area (Å²) in [6.07, 6.45) is 1.35. The summed E-state index contributed by atoms with van der Waals surface area (Å²) in [5, 5.41) is 3.67. The van der Waals surface area contributed by atoms with Crippen LogP contribution in [0.2, 0.25) is 0 Å². The number of rotatable bonds is 9. The van der Waals surface area contributed by atoms with Gasteiger partial charge in [0.15, 0.2) is 0 Å². The minimum Gasteiger partial charge on any atom is -0.406 e. The monoisotopic (exact) mass is 406 g/mol. The molecular formula is C23H26N4O3. The number of nitrogens with zero attached hydrogens (tertiary/aromatic N) is 1. The Labute approximate surface area is 175 Å². The van der Waals surface area contributed by atoms with Gasteiger partial charge in [-0.25, -0.2) is 9.78 Å². The molecule has 7 heteroatoms. The van der Waals surface area contributed by atoms with E-state index in [-0.39, 0.29) is 12.3 Å². The van der Waals surface area contributed by atoms with E-state index in [1.54, 1.807) is 6.07 Å². The fourth-order valence-corrected chi connectivity index (χ4v) is 3.07. The molecule has 1 amide bonds. The smallest absolute Gasteiger partial charge is 0.335 e. The highest BCUT2D eigenvalue weighted by Crippen LogP contribution is 2.17. The standard InChI is InChI=1S/C23H26N4O3/c24-14-6-10-18(25)22(28)27-20(15-16-7-2-1-3-8-16)23(29)30-21-13-12-17-9-4-5-11-19(17)26-21/h1-5,7-9,11-13,18,20H,6,10,14-15,24-25H2,(H,27,28)/t18-,20-/m1/s1. The summed E-state index contributed by atoms with van der Waals surface area (Å²) >= 11 is 0. The summed E-state index contributed by atoms with van der Waals surface area (Å²) in [5.74, 6) is -0.827. The van der Waals surface area contributed by atoms with Gasteiger partial charge in [-0.1, -0.05) is 48.5 Å². The third-order valence-corrected chi connectivity index (χ3v) is 4.72. The van der Waals surface area contributed by atoms with Gasteiger partial charge in [0.25, 0.3) is 0 Å². The van der Waals surface area contributed by atoms with Gasteiger partial charge in [-0.2, -0.15) is 0 Å². The molecule has 30 heavy (non-hydrogen) atoms. The van der Waals surface area contributed by atoms with Gasteiger partial charge in [-0.3, -0.25) is 4.79 Å². The molecule has 3 aromatic rings. The Morgan fingerprint density at radius 1 is 1.00 bits per heavy atom. The number of hydrogen-bond donors (Lipinski definition) is 3. The van der Waals surface area contributed by atoms with E-state index in [1.807, 2.05) is 60.7 Å². The van der Waals surface area contributed by atoms with Gasteiger partial charge in [0.1, 0.15) is 6.04 Å². The minimum atomic E-state index is -0.892. The second-order valence-corrected chi connectivity index (χ2v) is 7.05. The van der Waals surface area contributed by atoms with Gasteiger partial charge < -0.3 is 21.5 Å². The van der Waals surface area contributed by atoms with Gasteiger partial charge in [0, 0.05) is 17.9 Å². The number of nitrogens with two attached hydrogens (primary N) is 2. The number of pyridine rings is 1. The molecule has 0 unspecified atom stereocenters. The topological polar surface area (TPSA) is 120 Å². The van der Waals surface area contributed by atoms with Crippen LogP contribution in [0.1, 0.15) is 18.4 Å². The van der Waals surface area contributed by atoms with Crippen molar-refractivity contribution in [2.24, 2.45) is 11.5 Å². The summed E-state index contributed by atoms with van der Waals surface area (Å²) in [5.41, 5.74) is 13.0. The van der Waals surface area contributed by atoms with Crippen molar-refractivity contribution in [1.82, 2.24) is 10.3 Å². The van der Waals surface area contributed by atoms with Crippen LogP contribution in [0.4, 0.5) is 0 Å². The number of para-hydroxylation sites is 1. The number of fused-ring (bicyclic) bond motifs is 1. The molecular weight excluding hydrogens is 380 g/mol. The van der Waals surface area contributed by atoms with Crippen LogP contribution in [0.5, 0.6) is 5.88 Å². The average molecular weight is 406 g/mol. The quantitative estimate of drug-likeness (QED) is 0.467. The number of amides is 1. The Kier molecular flexibility index (Phi) is 7.48. The molecule has 0 spiro atoms. The van der Waals surface area contributed by atoms with Crippen LogP contribution in [0.15, 0.2) is 66.7 Å². The fourth-order valence-electron chi connectivity index (χ4n) is 3.07. The highest BCUT2D eigenvalue weighted by atomic mass is 16.5. The van der Waals surface area contributed by atoms with Crippen LogP contribution in [0.3, 0.4) is 0 Å². The molecule has 1 heterocycles. The number of nitrogens with one attached hydrogen (secondary N) is 1. The van der Waals surface area contributed by atoms with Gasteiger partial charge in [0.05, 0.1) is 11.6 Å². The molecule has 0 radical (unpaired) electrons. The Morgan fingerprint density at radius 3 is 2.50 bits per heavy atom. The fraction of sp³-hybridized carbons (Fsp3) is 0.261. The zero-order chi connectivity index (χ0) is 21.3. The molecule has 2 atom stereocenters. The maximum absolute atomic E-state index is 12.9. The summed E-state index contributed by atoms with van der Waals surface area (Å²) in [7, 11) is 0. The van der Waals surface area contributed by atoms with Crippen molar-refractivity contribution >= 4 is 22.8 Å². The summed E-state index contributed by atoms with van der Waals surface area (Å²) < 4.78 is 5.49. The lowest BCUT2D eigenvalue weighted by molar-refractivity contribution is -0.139. The Hall–Kier alpha value is -3.29. The van der Waals surface area contributed by atoms with E-state index in [2.05, 4.69) is 10.3 Å². The van der Waals surface area contributed by atoms with E-state index in [0.29, 0.717) is 19.4 Å². The largest absolute Gasteiger partial charge is 0.406 e. The molecule has 2 aromatic carbocycles. The van der Waals surface area contributed by atoms with Crippen molar-refractivity contribution < 1.29 is 14.3 Å². The van der Waals surface area contributed by atoms with E-state index >= 15 is 0 Å². The number of benzene rings is 2. The predicted octanol–water partition coefficient (Wildman–Crippen LogP) is 1.93. The first-order valence-corrected chi connectivity index (χ1v) is 9.94. The van der Waals surface area contributed by atoms with Crippen molar-refractivity contribution in [3.8, 4) is 5.88 Å². The average Bonchev–Trinajstić information content (AvgIpc) is 2.77. The number of hydrogen-bond acceptors (Lipinski definition) is 6. The van der Waals surface area contributed by atoms with E-state index in [9.17, 15) is 9.59 Å². The lowest BCUT2D eigenvalue weighted by Crippen LogP contribution is -2.50. The number of carbonyl (C=O) groups is 2. The molecule has 0 aliphatic carbocycles. The third kappa shape index (κ3) is 5.85. The molecule has 0 aliphatic rings. The Morgan fingerprint density at radius 2 is 1.73 bits per heavy atom. The SMILES string of the molecule is NCCC[C@@H](N)C(=O)N[C@H](Cc1ccccc1)C(=O)Oc1ccc2ccccc2n1. The predicted molar refractivity (Wildman–Crippen MR) is 116 cm³/mol. The van der Waals surface area contributed by atoms with Gasteiger partial charge >= 0.3 is 5.97 Å². The Balaban J connectivity index is 1.75. The van der Waals surface area contributed by atoms with Crippen LogP contribution in [0, 0.1) is 0 Å². The Bertz CT molecular complexity index is 994. The maximum Gasteiger partial charge on any atom is 0.335 e. The first-order valence-electron chi connectivity index (χ1n) is 9.94. The second-order valence-electron chi connectivity index (χ2n) is 7.05. The van der Waals surface area contributed by atoms with Gasteiger partial charge in [0.2, 0.25) is 11.8 Å². The van der Waals surface area contributed by atoms with Crippen LogP contribution < -0.4 is 21.5 Å². The number of ether oxygens (including phenoxy) is 1. The third-order valence-electron chi connectivity index (χ3n) is 4.72. The van der Waals surface area contributed by atoms with E-state index in [1.165, 1.54) is 0 Å². The lowest BCUT2D eigenvalue weighted by atomic mass is 10.0. The summed E-state index contributed by atoms with van der Waals surface area (Å²) in [6.45, 7) is 0.449. The minimum absolute atomic E-state index is 0.179. The molecule has 0 saturated carbocycles. The summed E-state index contributed by atoms with van der Waals surface area (Å²) in [6, 6.07) is 18.8. The highest BCUT2D eigenvalue weighted by Gasteiger charge is 2.26. The molecule has 0 saturated heterocycles. The van der Waals surface area contributed by atoms with E-state index in [0.717, 1.165) is 16.5 Å². The zero-order valence-electron chi connectivity index (χ0n) is 16.7. The van der Waals surface area contributed by atoms with Crippen molar-refractivity contribution in [2.75, 3.05) is 6.54 Å². The maximum atomic E-state index is 12.9. The normalized spacial score (nSPS) is 12.9. The number of esters is 1. The van der Waals surface area contributed by atoms with Gasteiger partial charge in [-0.15, -0.1) is 0 Å². The van der Waals surface area contributed by atoms with Crippen LogP contribution in [-0.4, -0.2) is 35.5 Å². The van der Waals surface area contributed by atoms with Crippen molar-refractivity contribution in [3.63, 3.8) is 0 Å². The number of aromatic nitrogens is 1. The number of carbonyl (C=O) groups excluding carboxylic acids is 2. The molecule has 156 valence electrons. The first kappa shape index (κ1) is 21.4.